The molecule has 1 aliphatic heterocycles. The number of aliphatic hydroxyl groups excluding tert-OH is 1. The Kier molecular flexibility index (Phi) is 5.75. The van der Waals surface area contributed by atoms with Gasteiger partial charge in [0, 0.05) is 31.0 Å². The summed E-state index contributed by atoms with van der Waals surface area (Å²) in [7, 11) is 0. The first-order valence-electron chi connectivity index (χ1n) is 6.47. The van der Waals surface area contributed by atoms with E-state index < -0.39 is 11.7 Å². The second-order valence-electron chi connectivity index (χ2n) is 4.91. The van der Waals surface area contributed by atoms with Crippen LogP contribution in [0.15, 0.2) is 17.5 Å². The lowest BCUT2D eigenvalue weighted by Crippen LogP contribution is -2.44. The molecule has 0 bridgehead atoms. The topological polar surface area (TPSA) is 71.0 Å². The van der Waals surface area contributed by atoms with E-state index in [1.54, 1.807) is 11.3 Å². The van der Waals surface area contributed by atoms with Gasteiger partial charge in [0.05, 0.1) is 25.9 Å². The minimum absolute atomic E-state index is 0.291. The fraction of sp³-hybridized carbons (Fsp3) is 0.692. The second-order valence-corrected chi connectivity index (χ2v) is 5.94. The van der Waals surface area contributed by atoms with Crippen molar-refractivity contribution in [2.24, 2.45) is 0 Å². The molecule has 19 heavy (non-hydrogen) atoms. The Bertz CT molecular complexity index is 352. The van der Waals surface area contributed by atoms with Crippen LogP contribution in [-0.2, 0) is 16.1 Å². The van der Waals surface area contributed by atoms with Gasteiger partial charge in [0.2, 0.25) is 0 Å². The normalized spacial score (nSPS) is 24.7. The summed E-state index contributed by atoms with van der Waals surface area (Å²) in [6.07, 6.45) is 0.0798. The molecule has 1 fully saturated rings. The van der Waals surface area contributed by atoms with Crippen LogP contribution >= 0.6 is 11.3 Å². The highest BCUT2D eigenvalue weighted by molar-refractivity contribution is 7.09. The van der Waals surface area contributed by atoms with E-state index in [9.17, 15) is 10.2 Å². The summed E-state index contributed by atoms with van der Waals surface area (Å²) in [5.41, 5.74) is -0.780. The Labute approximate surface area is 117 Å². The first-order chi connectivity index (χ1) is 9.18. The summed E-state index contributed by atoms with van der Waals surface area (Å²) < 4.78 is 10.6. The van der Waals surface area contributed by atoms with Crippen LogP contribution in [0.4, 0.5) is 0 Å². The molecular formula is C13H21NO4S. The number of hydrogen-bond donors (Lipinski definition) is 3. The SMILES string of the molecule is OC(CNCC1(O)CCOC1)COCc1cccs1. The minimum Gasteiger partial charge on any atom is -0.389 e. The minimum atomic E-state index is -0.780. The highest BCUT2D eigenvalue weighted by Crippen LogP contribution is 2.16. The molecule has 2 rings (SSSR count). The molecule has 5 nitrogen and oxygen atoms in total. The summed E-state index contributed by atoms with van der Waals surface area (Å²) in [5.74, 6) is 0. The predicted octanol–water partition coefficient (Wildman–Crippen LogP) is 0.367. The van der Waals surface area contributed by atoms with Gasteiger partial charge in [-0.25, -0.2) is 0 Å². The lowest BCUT2D eigenvalue weighted by Gasteiger charge is -2.21. The molecule has 2 heterocycles. The summed E-state index contributed by atoms with van der Waals surface area (Å²) >= 11 is 1.64. The molecule has 0 saturated carbocycles. The van der Waals surface area contributed by atoms with Crippen molar-refractivity contribution >= 4 is 11.3 Å². The van der Waals surface area contributed by atoms with Crippen molar-refractivity contribution in [1.82, 2.24) is 5.32 Å². The molecule has 0 spiro atoms. The van der Waals surface area contributed by atoms with Gasteiger partial charge >= 0.3 is 0 Å². The third-order valence-corrected chi connectivity index (χ3v) is 3.90. The number of hydrogen-bond acceptors (Lipinski definition) is 6. The zero-order valence-electron chi connectivity index (χ0n) is 10.9. The fourth-order valence-corrected chi connectivity index (χ4v) is 2.60. The molecule has 2 unspecified atom stereocenters. The van der Waals surface area contributed by atoms with Crippen LogP contribution in [0.5, 0.6) is 0 Å². The maximum Gasteiger partial charge on any atom is 0.102 e. The van der Waals surface area contributed by atoms with Gasteiger partial charge in [-0.2, -0.15) is 0 Å². The molecule has 1 aromatic rings. The Morgan fingerprint density at radius 2 is 2.47 bits per heavy atom. The monoisotopic (exact) mass is 287 g/mol. The van der Waals surface area contributed by atoms with Gasteiger partial charge in [-0.1, -0.05) is 6.07 Å². The number of aliphatic hydroxyl groups is 2. The van der Waals surface area contributed by atoms with Crippen molar-refractivity contribution in [2.45, 2.75) is 24.7 Å². The molecule has 1 aromatic heterocycles. The summed E-state index contributed by atoms with van der Waals surface area (Å²) in [4.78, 5) is 1.15. The van der Waals surface area contributed by atoms with Crippen molar-refractivity contribution in [2.75, 3.05) is 32.9 Å². The van der Waals surface area contributed by atoms with Gasteiger partial charge in [0.25, 0.3) is 0 Å². The molecule has 0 amide bonds. The van der Waals surface area contributed by atoms with Gasteiger partial charge in [0.15, 0.2) is 0 Å². The third-order valence-electron chi connectivity index (χ3n) is 3.05. The maximum absolute atomic E-state index is 10.0. The van der Waals surface area contributed by atoms with E-state index in [1.165, 1.54) is 0 Å². The first kappa shape index (κ1) is 14.9. The van der Waals surface area contributed by atoms with Crippen molar-refractivity contribution in [3.05, 3.63) is 22.4 Å². The van der Waals surface area contributed by atoms with Crippen LogP contribution in [0.3, 0.4) is 0 Å². The predicted molar refractivity (Wildman–Crippen MR) is 73.2 cm³/mol. The highest BCUT2D eigenvalue weighted by atomic mass is 32.1. The van der Waals surface area contributed by atoms with Crippen molar-refractivity contribution in [3.63, 3.8) is 0 Å². The summed E-state index contributed by atoms with van der Waals surface area (Å²) in [5, 5.41) is 24.8. The van der Waals surface area contributed by atoms with E-state index >= 15 is 0 Å². The van der Waals surface area contributed by atoms with Gasteiger partial charge in [0.1, 0.15) is 5.60 Å². The Morgan fingerprint density at radius 1 is 1.58 bits per heavy atom. The fourth-order valence-electron chi connectivity index (χ4n) is 1.96. The van der Waals surface area contributed by atoms with Crippen LogP contribution in [0.2, 0.25) is 0 Å². The zero-order chi connectivity index (χ0) is 13.6. The number of rotatable bonds is 8. The van der Waals surface area contributed by atoms with E-state index in [0.29, 0.717) is 45.9 Å². The van der Waals surface area contributed by atoms with Crippen LogP contribution in [-0.4, -0.2) is 54.8 Å². The Morgan fingerprint density at radius 3 is 3.16 bits per heavy atom. The molecule has 1 saturated heterocycles. The molecule has 6 heteroatoms. The van der Waals surface area contributed by atoms with Crippen LogP contribution < -0.4 is 5.32 Å². The van der Waals surface area contributed by atoms with E-state index in [0.717, 1.165) is 4.88 Å². The molecule has 2 atom stereocenters. The van der Waals surface area contributed by atoms with Crippen LogP contribution in [0, 0.1) is 0 Å². The van der Waals surface area contributed by atoms with Crippen LogP contribution in [0.1, 0.15) is 11.3 Å². The van der Waals surface area contributed by atoms with E-state index in [-0.39, 0.29) is 0 Å². The number of ether oxygens (including phenoxy) is 2. The summed E-state index contributed by atoms with van der Waals surface area (Å²) in [6, 6.07) is 3.98. The highest BCUT2D eigenvalue weighted by Gasteiger charge is 2.31. The van der Waals surface area contributed by atoms with Gasteiger partial charge in [-0.15, -0.1) is 11.3 Å². The molecule has 0 aliphatic carbocycles. The van der Waals surface area contributed by atoms with E-state index in [2.05, 4.69) is 5.32 Å². The van der Waals surface area contributed by atoms with Gasteiger partial charge in [-0.3, -0.25) is 0 Å². The number of nitrogens with one attached hydrogen (secondary N) is 1. The molecule has 3 N–H and O–H groups in total. The summed E-state index contributed by atoms with van der Waals surface area (Å²) in [6.45, 7) is 2.64. The van der Waals surface area contributed by atoms with Crippen molar-refractivity contribution in [1.29, 1.82) is 0 Å². The average molecular weight is 287 g/mol. The van der Waals surface area contributed by atoms with E-state index in [1.807, 2.05) is 17.5 Å². The third kappa shape index (κ3) is 5.18. The lowest BCUT2D eigenvalue weighted by molar-refractivity contribution is 0.0117. The number of thiophene rings is 1. The van der Waals surface area contributed by atoms with Gasteiger partial charge < -0.3 is 25.0 Å². The largest absolute Gasteiger partial charge is 0.389 e. The quantitative estimate of drug-likeness (QED) is 0.644. The van der Waals surface area contributed by atoms with E-state index in [4.69, 9.17) is 9.47 Å². The lowest BCUT2D eigenvalue weighted by atomic mass is 10.0. The smallest absolute Gasteiger partial charge is 0.102 e. The molecule has 0 aromatic carbocycles. The first-order valence-corrected chi connectivity index (χ1v) is 7.35. The standard InChI is InChI=1S/C13H21NO4S/c15-11(7-18-8-12-2-1-5-19-12)6-14-9-13(16)3-4-17-10-13/h1-2,5,11,14-16H,3-4,6-10H2. The molecule has 108 valence electrons. The van der Waals surface area contributed by atoms with Crippen LogP contribution in [0.25, 0.3) is 0 Å². The van der Waals surface area contributed by atoms with Crippen molar-refractivity contribution in [3.8, 4) is 0 Å². The van der Waals surface area contributed by atoms with Gasteiger partial charge in [-0.05, 0) is 11.4 Å². The maximum atomic E-state index is 10.0. The van der Waals surface area contributed by atoms with Crippen molar-refractivity contribution < 1.29 is 19.7 Å². The Balaban J connectivity index is 1.53. The zero-order valence-corrected chi connectivity index (χ0v) is 11.7. The second kappa shape index (κ2) is 7.33. The molecule has 1 aliphatic rings. The molecule has 0 radical (unpaired) electrons. The molecular weight excluding hydrogens is 266 g/mol. The Hall–Kier alpha value is -0.500. The average Bonchev–Trinajstić information content (AvgIpc) is 3.01.